The molecule has 1 unspecified atom stereocenters. The lowest BCUT2D eigenvalue weighted by atomic mass is 10.2. The predicted molar refractivity (Wildman–Crippen MR) is 111 cm³/mol. The van der Waals surface area contributed by atoms with Crippen LogP contribution in [0.15, 0.2) is 60.7 Å². The van der Waals surface area contributed by atoms with E-state index in [9.17, 15) is 4.79 Å². The van der Waals surface area contributed by atoms with E-state index in [1.807, 2.05) is 42.5 Å². The number of nitrogens with one attached hydrogen (secondary N) is 2. The first-order chi connectivity index (χ1) is 13.5. The van der Waals surface area contributed by atoms with Crippen molar-refractivity contribution in [2.24, 2.45) is 0 Å². The van der Waals surface area contributed by atoms with Gasteiger partial charge in [0, 0.05) is 17.8 Å². The summed E-state index contributed by atoms with van der Waals surface area (Å²) in [5, 5.41) is 6.13. The van der Waals surface area contributed by atoms with Crippen LogP contribution in [-0.4, -0.2) is 21.9 Å². The van der Waals surface area contributed by atoms with E-state index in [0.29, 0.717) is 28.8 Å². The third kappa shape index (κ3) is 5.30. The Kier molecular flexibility index (Phi) is 6.22. The van der Waals surface area contributed by atoms with Crippen LogP contribution in [0.2, 0.25) is 0 Å². The second kappa shape index (κ2) is 8.99. The van der Waals surface area contributed by atoms with Crippen molar-refractivity contribution in [3.63, 3.8) is 0 Å². The number of benzene rings is 2. The Balaban J connectivity index is 1.67. The van der Waals surface area contributed by atoms with Gasteiger partial charge in [-0.25, -0.2) is 9.97 Å². The molecular weight excluding hydrogens is 352 g/mol. The number of aromatic nitrogens is 2. The van der Waals surface area contributed by atoms with E-state index in [1.54, 1.807) is 25.1 Å². The Morgan fingerprint density at radius 2 is 1.71 bits per heavy atom. The van der Waals surface area contributed by atoms with Gasteiger partial charge < -0.3 is 15.4 Å². The summed E-state index contributed by atoms with van der Waals surface area (Å²) in [5.41, 5.74) is 0.987. The summed E-state index contributed by atoms with van der Waals surface area (Å²) < 4.78 is 5.76. The fourth-order valence-electron chi connectivity index (χ4n) is 2.54. The van der Waals surface area contributed by atoms with Gasteiger partial charge in [0.05, 0.1) is 0 Å². The highest BCUT2D eigenvalue weighted by Crippen LogP contribution is 2.23. The Labute approximate surface area is 165 Å². The third-order valence-electron chi connectivity index (χ3n) is 4.17. The number of hydrogen-bond acceptors (Lipinski definition) is 5. The van der Waals surface area contributed by atoms with E-state index >= 15 is 0 Å². The van der Waals surface area contributed by atoms with Gasteiger partial charge in [-0.3, -0.25) is 4.79 Å². The molecular formula is C22H24N4O2. The molecule has 1 amide bonds. The monoisotopic (exact) mass is 376 g/mol. The van der Waals surface area contributed by atoms with Crippen LogP contribution in [0.3, 0.4) is 0 Å². The number of hydrogen-bond donors (Lipinski definition) is 2. The van der Waals surface area contributed by atoms with Crippen LogP contribution in [0.4, 0.5) is 11.5 Å². The summed E-state index contributed by atoms with van der Waals surface area (Å²) >= 11 is 0. The number of rotatable bonds is 7. The maximum absolute atomic E-state index is 12.6. The van der Waals surface area contributed by atoms with Crippen LogP contribution in [0, 0.1) is 6.92 Å². The number of amides is 1. The average molecular weight is 376 g/mol. The molecule has 2 N–H and O–H groups in total. The lowest BCUT2D eigenvalue weighted by Crippen LogP contribution is -2.18. The number of para-hydroxylation sites is 1. The van der Waals surface area contributed by atoms with E-state index in [4.69, 9.17) is 4.74 Å². The molecule has 0 spiro atoms. The molecule has 1 aromatic heterocycles. The normalized spacial score (nSPS) is 11.5. The summed E-state index contributed by atoms with van der Waals surface area (Å²) in [6, 6.07) is 18.7. The van der Waals surface area contributed by atoms with Crippen molar-refractivity contribution in [3.05, 3.63) is 72.2 Å². The highest BCUT2D eigenvalue weighted by atomic mass is 16.5. The van der Waals surface area contributed by atoms with Gasteiger partial charge >= 0.3 is 0 Å². The fourth-order valence-corrected chi connectivity index (χ4v) is 2.54. The van der Waals surface area contributed by atoms with Gasteiger partial charge in [0.1, 0.15) is 28.8 Å². The van der Waals surface area contributed by atoms with E-state index < -0.39 is 0 Å². The van der Waals surface area contributed by atoms with Crippen molar-refractivity contribution < 1.29 is 9.53 Å². The summed E-state index contributed by atoms with van der Waals surface area (Å²) in [6.07, 6.45) is 0.960. The number of ether oxygens (including phenoxy) is 1. The highest BCUT2D eigenvalue weighted by Gasteiger charge is 2.12. The molecule has 0 aliphatic rings. The first kappa shape index (κ1) is 19.4. The molecule has 28 heavy (non-hydrogen) atoms. The lowest BCUT2D eigenvalue weighted by Gasteiger charge is -2.13. The number of carbonyl (C=O) groups is 1. The summed E-state index contributed by atoms with van der Waals surface area (Å²) in [5.74, 6) is 2.37. The molecule has 0 fully saturated rings. The van der Waals surface area contributed by atoms with Crippen molar-refractivity contribution in [2.75, 3.05) is 10.6 Å². The second-order valence-electron chi connectivity index (χ2n) is 6.53. The molecule has 0 bridgehead atoms. The Bertz CT molecular complexity index is 927. The van der Waals surface area contributed by atoms with Crippen LogP contribution in [0.1, 0.15) is 36.6 Å². The Hall–Kier alpha value is -3.41. The van der Waals surface area contributed by atoms with Crippen LogP contribution in [0.5, 0.6) is 11.5 Å². The largest absolute Gasteiger partial charge is 0.457 e. The molecule has 6 heteroatoms. The first-order valence-corrected chi connectivity index (χ1v) is 9.30. The molecule has 0 saturated carbocycles. The SMILES string of the molecule is CCC(C)Nc1cc(C(=O)Nc2ccc(Oc3ccccc3)cc2)nc(C)n1. The molecule has 144 valence electrons. The minimum atomic E-state index is -0.283. The third-order valence-corrected chi connectivity index (χ3v) is 4.17. The minimum absolute atomic E-state index is 0.266. The lowest BCUT2D eigenvalue weighted by molar-refractivity contribution is 0.102. The molecule has 2 aromatic carbocycles. The van der Waals surface area contributed by atoms with E-state index in [1.165, 1.54) is 0 Å². The van der Waals surface area contributed by atoms with Gasteiger partial charge in [0.2, 0.25) is 0 Å². The van der Waals surface area contributed by atoms with Gasteiger partial charge in [0.25, 0.3) is 5.91 Å². The molecule has 3 rings (SSSR count). The zero-order valence-electron chi connectivity index (χ0n) is 16.3. The zero-order chi connectivity index (χ0) is 19.9. The van der Waals surface area contributed by atoms with Crippen LogP contribution in [-0.2, 0) is 0 Å². The number of anilines is 2. The second-order valence-corrected chi connectivity index (χ2v) is 6.53. The van der Waals surface area contributed by atoms with Gasteiger partial charge in [-0.05, 0) is 56.7 Å². The van der Waals surface area contributed by atoms with Crippen molar-refractivity contribution >= 4 is 17.4 Å². The van der Waals surface area contributed by atoms with Gasteiger partial charge in [-0.2, -0.15) is 0 Å². The molecule has 0 saturated heterocycles. The van der Waals surface area contributed by atoms with Crippen LogP contribution >= 0.6 is 0 Å². The Morgan fingerprint density at radius 1 is 1.04 bits per heavy atom. The standard InChI is InChI=1S/C22H24N4O2/c1-4-15(2)23-21-14-20(24-16(3)25-21)22(27)26-17-10-12-19(13-11-17)28-18-8-6-5-7-9-18/h5-15H,4H2,1-3H3,(H,26,27)(H,23,24,25). The molecule has 6 nitrogen and oxygen atoms in total. The fraction of sp³-hybridized carbons (Fsp3) is 0.227. The molecule has 1 atom stereocenters. The van der Waals surface area contributed by atoms with Gasteiger partial charge in [-0.15, -0.1) is 0 Å². The number of carbonyl (C=O) groups excluding carboxylic acids is 1. The van der Waals surface area contributed by atoms with Crippen molar-refractivity contribution in [2.45, 2.75) is 33.2 Å². The molecule has 0 radical (unpaired) electrons. The van der Waals surface area contributed by atoms with Gasteiger partial charge in [0.15, 0.2) is 0 Å². The average Bonchev–Trinajstić information content (AvgIpc) is 2.69. The smallest absolute Gasteiger partial charge is 0.274 e. The van der Waals surface area contributed by atoms with E-state index in [2.05, 4.69) is 34.4 Å². The quantitative estimate of drug-likeness (QED) is 0.604. The first-order valence-electron chi connectivity index (χ1n) is 9.30. The predicted octanol–water partition coefficient (Wildman–Crippen LogP) is 5.04. The van der Waals surface area contributed by atoms with Gasteiger partial charge in [-0.1, -0.05) is 25.1 Å². The molecule has 0 aliphatic heterocycles. The van der Waals surface area contributed by atoms with Crippen molar-refractivity contribution in [1.29, 1.82) is 0 Å². The molecule has 1 heterocycles. The maximum atomic E-state index is 12.6. The zero-order valence-corrected chi connectivity index (χ0v) is 16.3. The highest BCUT2D eigenvalue weighted by molar-refractivity contribution is 6.03. The maximum Gasteiger partial charge on any atom is 0.274 e. The molecule has 3 aromatic rings. The molecule has 0 aliphatic carbocycles. The number of nitrogens with zero attached hydrogens (tertiary/aromatic N) is 2. The summed E-state index contributed by atoms with van der Waals surface area (Å²) in [6.45, 7) is 5.93. The summed E-state index contributed by atoms with van der Waals surface area (Å²) in [4.78, 5) is 21.2. The Morgan fingerprint density at radius 3 is 2.39 bits per heavy atom. The van der Waals surface area contributed by atoms with E-state index in [-0.39, 0.29) is 11.9 Å². The minimum Gasteiger partial charge on any atom is -0.457 e. The number of aryl methyl sites for hydroxylation is 1. The topological polar surface area (TPSA) is 76.1 Å². The van der Waals surface area contributed by atoms with Crippen molar-refractivity contribution in [3.8, 4) is 11.5 Å². The van der Waals surface area contributed by atoms with Crippen LogP contribution < -0.4 is 15.4 Å². The van der Waals surface area contributed by atoms with Crippen LogP contribution in [0.25, 0.3) is 0 Å². The van der Waals surface area contributed by atoms with Crippen molar-refractivity contribution in [1.82, 2.24) is 9.97 Å². The summed E-state index contributed by atoms with van der Waals surface area (Å²) in [7, 11) is 0. The van der Waals surface area contributed by atoms with E-state index in [0.717, 1.165) is 12.2 Å².